The van der Waals surface area contributed by atoms with Gasteiger partial charge in [0.2, 0.25) is 0 Å². The number of anilines is 3. The number of hydrogen-bond donors (Lipinski definition) is 0. The Hall–Kier alpha value is -8.14. The Labute approximate surface area is 353 Å². The lowest BCUT2D eigenvalue weighted by Crippen LogP contribution is -2.10. The van der Waals surface area contributed by atoms with Crippen LogP contribution in [0, 0.1) is 0 Å². The highest BCUT2D eigenvalue weighted by Gasteiger charge is 2.20. The van der Waals surface area contributed by atoms with Gasteiger partial charge in [-0.25, -0.2) is 0 Å². The van der Waals surface area contributed by atoms with Crippen LogP contribution in [0.1, 0.15) is 0 Å². The number of benzene rings is 10. The maximum Gasteiger partial charge on any atom is 0.143 e. The molecule has 12 aromatic rings. The molecule has 0 saturated carbocycles. The molecule has 0 aliphatic rings. The summed E-state index contributed by atoms with van der Waals surface area (Å²) < 4.78 is 8.95. The molecular weight excluding hydrogens is 741 g/mol. The van der Waals surface area contributed by atoms with E-state index in [4.69, 9.17) is 4.42 Å². The van der Waals surface area contributed by atoms with Gasteiger partial charge in [0, 0.05) is 49.7 Å². The third-order valence-corrected chi connectivity index (χ3v) is 12.2. The molecule has 0 fully saturated rings. The molecule has 3 nitrogen and oxygen atoms in total. The molecule has 12 rings (SSSR count). The van der Waals surface area contributed by atoms with Gasteiger partial charge in [-0.15, -0.1) is 0 Å². The second-order valence-corrected chi connectivity index (χ2v) is 15.7. The Balaban J connectivity index is 1.02. The van der Waals surface area contributed by atoms with Gasteiger partial charge in [-0.1, -0.05) is 170 Å². The average molecular weight is 779 g/mol. The zero-order valence-corrected chi connectivity index (χ0v) is 33.2. The van der Waals surface area contributed by atoms with E-state index in [0.29, 0.717) is 0 Å². The predicted octanol–water partition coefficient (Wildman–Crippen LogP) is 16.3. The fraction of sp³-hybridized carbons (Fsp3) is 0. The molecule has 0 spiro atoms. The van der Waals surface area contributed by atoms with Crippen LogP contribution in [0.5, 0.6) is 0 Å². The van der Waals surface area contributed by atoms with Crippen LogP contribution < -0.4 is 4.90 Å². The molecule has 2 heterocycles. The Kier molecular flexibility index (Phi) is 8.17. The van der Waals surface area contributed by atoms with Gasteiger partial charge in [-0.3, -0.25) is 0 Å². The summed E-state index contributed by atoms with van der Waals surface area (Å²) in [5.41, 5.74) is 15.4. The summed E-state index contributed by atoms with van der Waals surface area (Å²) in [7, 11) is 0. The lowest BCUT2D eigenvalue weighted by molar-refractivity contribution is 0.670. The maximum atomic E-state index is 6.51. The molecule has 3 heteroatoms. The second kappa shape index (κ2) is 14.3. The van der Waals surface area contributed by atoms with E-state index in [1.54, 1.807) is 0 Å². The molecule has 61 heavy (non-hydrogen) atoms. The molecule has 0 amide bonds. The van der Waals surface area contributed by atoms with Crippen LogP contribution in [-0.4, -0.2) is 4.57 Å². The smallest absolute Gasteiger partial charge is 0.143 e. The van der Waals surface area contributed by atoms with Crippen molar-refractivity contribution in [2.24, 2.45) is 0 Å². The molecule has 0 atom stereocenters. The Morgan fingerprint density at radius 3 is 1.74 bits per heavy atom. The molecule has 0 aliphatic carbocycles. The van der Waals surface area contributed by atoms with Crippen molar-refractivity contribution in [3.8, 4) is 39.1 Å². The quantitative estimate of drug-likeness (QED) is 0.161. The highest BCUT2D eigenvalue weighted by atomic mass is 16.3. The minimum atomic E-state index is 0.898. The number of para-hydroxylation sites is 4. The highest BCUT2D eigenvalue weighted by molar-refractivity contribution is 6.11. The van der Waals surface area contributed by atoms with E-state index in [9.17, 15) is 0 Å². The van der Waals surface area contributed by atoms with Gasteiger partial charge < -0.3 is 13.9 Å². The first-order valence-electron chi connectivity index (χ1n) is 20.8. The van der Waals surface area contributed by atoms with Gasteiger partial charge in [0.15, 0.2) is 0 Å². The van der Waals surface area contributed by atoms with Gasteiger partial charge in [-0.2, -0.15) is 0 Å². The molecular formula is C58H38N2O. The number of rotatable bonds is 7. The van der Waals surface area contributed by atoms with Crippen LogP contribution in [-0.2, 0) is 0 Å². The summed E-state index contributed by atoms with van der Waals surface area (Å²) in [4.78, 5) is 2.37. The number of nitrogens with zero attached hydrogens (tertiary/aromatic N) is 2. The molecule has 0 bridgehead atoms. The van der Waals surface area contributed by atoms with E-state index in [0.717, 1.165) is 66.9 Å². The van der Waals surface area contributed by atoms with E-state index < -0.39 is 0 Å². The van der Waals surface area contributed by atoms with E-state index in [1.807, 2.05) is 12.1 Å². The summed E-state index contributed by atoms with van der Waals surface area (Å²) >= 11 is 0. The summed E-state index contributed by atoms with van der Waals surface area (Å²) in [6.45, 7) is 0. The van der Waals surface area contributed by atoms with Crippen molar-refractivity contribution < 1.29 is 4.42 Å². The number of hydrogen-bond acceptors (Lipinski definition) is 2. The van der Waals surface area contributed by atoms with Crippen molar-refractivity contribution in [3.63, 3.8) is 0 Å². The number of aromatic nitrogens is 1. The van der Waals surface area contributed by atoms with Gasteiger partial charge in [0.25, 0.3) is 0 Å². The van der Waals surface area contributed by atoms with Gasteiger partial charge >= 0.3 is 0 Å². The van der Waals surface area contributed by atoms with Crippen molar-refractivity contribution >= 4 is 71.6 Å². The van der Waals surface area contributed by atoms with Gasteiger partial charge in [-0.05, 0) is 93.7 Å². The summed E-state index contributed by atoms with van der Waals surface area (Å²) in [6, 6.07) is 83.0. The maximum absolute atomic E-state index is 6.51. The number of fused-ring (bicyclic) bond motifs is 7. The van der Waals surface area contributed by atoms with Crippen LogP contribution in [0.15, 0.2) is 235 Å². The van der Waals surface area contributed by atoms with Crippen LogP contribution in [0.4, 0.5) is 17.1 Å². The van der Waals surface area contributed by atoms with Crippen LogP contribution in [0.3, 0.4) is 0 Å². The van der Waals surface area contributed by atoms with Crippen molar-refractivity contribution in [2.75, 3.05) is 4.90 Å². The van der Waals surface area contributed by atoms with E-state index in [-0.39, 0.29) is 0 Å². The van der Waals surface area contributed by atoms with Crippen molar-refractivity contribution in [2.45, 2.75) is 0 Å². The Morgan fingerprint density at radius 1 is 0.328 bits per heavy atom. The SMILES string of the molecule is c1ccc(-c2ccc(-c3ccc(N(c4cccc(-c5cccc6c5oc5ccccc56)c4)c4ccc5ccccc5c4)cc3)c(-n3c4ccccc4c4ccccc43)c2)cc1. The average Bonchev–Trinajstić information content (AvgIpc) is 3.88. The van der Waals surface area contributed by atoms with Crippen molar-refractivity contribution in [1.82, 2.24) is 4.57 Å². The zero-order chi connectivity index (χ0) is 40.3. The molecule has 0 radical (unpaired) electrons. The first-order chi connectivity index (χ1) is 30.2. The molecule has 0 unspecified atom stereocenters. The van der Waals surface area contributed by atoms with Crippen LogP contribution >= 0.6 is 0 Å². The monoisotopic (exact) mass is 778 g/mol. The van der Waals surface area contributed by atoms with E-state index >= 15 is 0 Å². The summed E-state index contributed by atoms with van der Waals surface area (Å²) in [5, 5.41) is 7.15. The highest BCUT2D eigenvalue weighted by Crippen LogP contribution is 2.43. The molecule has 0 N–H and O–H groups in total. The Morgan fingerprint density at radius 2 is 0.934 bits per heavy atom. The molecule has 10 aromatic carbocycles. The normalized spacial score (nSPS) is 11.6. The van der Waals surface area contributed by atoms with Gasteiger partial charge in [0.05, 0.1) is 16.7 Å². The van der Waals surface area contributed by atoms with Crippen LogP contribution in [0.2, 0.25) is 0 Å². The third-order valence-electron chi connectivity index (χ3n) is 12.2. The topological polar surface area (TPSA) is 21.3 Å². The standard InChI is InChI=1S/C58H38N2O/c1-2-14-39(15-3-1)43-31-35-48(56(38-43)60-54-25-9-6-20-50(54)51-21-7-10-26-55(51)60)41-29-32-45(33-30-41)59(47-34-28-40-16-4-5-17-42(40)36-47)46-19-12-18-44(37-46)49-23-13-24-53-52-22-8-11-27-57(52)61-58(49)53/h1-38H. The summed E-state index contributed by atoms with van der Waals surface area (Å²) in [6.07, 6.45) is 0. The molecule has 286 valence electrons. The van der Waals surface area contributed by atoms with Crippen molar-refractivity contribution in [1.29, 1.82) is 0 Å². The summed E-state index contributed by atoms with van der Waals surface area (Å²) in [5.74, 6) is 0. The first-order valence-corrected chi connectivity index (χ1v) is 20.8. The van der Waals surface area contributed by atoms with Gasteiger partial charge in [0.1, 0.15) is 11.2 Å². The van der Waals surface area contributed by atoms with E-state index in [2.05, 4.69) is 228 Å². The lowest BCUT2D eigenvalue weighted by Gasteiger charge is -2.27. The minimum absolute atomic E-state index is 0.898. The fourth-order valence-corrected chi connectivity index (χ4v) is 9.29. The Bertz CT molecular complexity index is 3540. The number of furan rings is 1. The largest absolute Gasteiger partial charge is 0.455 e. The first kappa shape index (κ1) is 34.9. The molecule has 2 aromatic heterocycles. The fourth-order valence-electron chi connectivity index (χ4n) is 9.29. The second-order valence-electron chi connectivity index (χ2n) is 15.7. The zero-order valence-electron chi connectivity index (χ0n) is 33.2. The predicted molar refractivity (Wildman–Crippen MR) is 257 cm³/mol. The molecule has 0 saturated heterocycles. The van der Waals surface area contributed by atoms with E-state index in [1.165, 1.54) is 43.7 Å². The minimum Gasteiger partial charge on any atom is -0.455 e. The van der Waals surface area contributed by atoms with Crippen molar-refractivity contribution in [3.05, 3.63) is 231 Å². The third kappa shape index (κ3) is 5.90. The van der Waals surface area contributed by atoms with Crippen LogP contribution in [0.25, 0.3) is 93.6 Å². The molecule has 0 aliphatic heterocycles. The lowest BCUT2D eigenvalue weighted by atomic mass is 9.97.